The molecule has 2 rings (SSSR count). The first-order valence-electron chi connectivity index (χ1n) is 5.81. The molecular formula is C13H16BrNO3. The van der Waals surface area contributed by atoms with Crippen LogP contribution in [0.25, 0.3) is 0 Å². The number of rotatable bonds is 3. The van der Waals surface area contributed by atoms with E-state index in [0.717, 1.165) is 21.3 Å². The molecule has 5 heteroatoms. The standard InChI is InChI=1S/C13H16BrNO3/c1-3-18-12(16)13(15)6-8-4-10(14)11(17-2)5-9(8)7-13/h4-5H,3,6-7,15H2,1-2H3. The molecule has 0 heterocycles. The van der Waals surface area contributed by atoms with Crippen molar-refractivity contribution in [3.8, 4) is 5.75 Å². The van der Waals surface area contributed by atoms with E-state index < -0.39 is 5.54 Å². The van der Waals surface area contributed by atoms with Crippen molar-refractivity contribution in [2.45, 2.75) is 25.3 Å². The van der Waals surface area contributed by atoms with Crippen LogP contribution >= 0.6 is 15.9 Å². The van der Waals surface area contributed by atoms with Gasteiger partial charge in [-0.2, -0.15) is 0 Å². The molecule has 1 atom stereocenters. The van der Waals surface area contributed by atoms with Crippen LogP contribution < -0.4 is 10.5 Å². The van der Waals surface area contributed by atoms with Gasteiger partial charge in [-0.15, -0.1) is 0 Å². The molecule has 1 aromatic carbocycles. The number of nitrogens with two attached hydrogens (primary N) is 1. The molecule has 4 nitrogen and oxygen atoms in total. The largest absolute Gasteiger partial charge is 0.496 e. The Labute approximate surface area is 115 Å². The Morgan fingerprint density at radius 3 is 2.61 bits per heavy atom. The maximum absolute atomic E-state index is 11.9. The fourth-order valence-electron chi connectivity index (χ4n) is 2.28. The summed E-state index contributed by atoms with van der Waals surface area (Å²) < 4.78 is 11.2. The van der Waals surface area contributed by atoms with E-state index in [0.29, 0.717) is 19.4 Å². The van der Waals surface area contributed by atoms with Crippen molar-refractivity contribution >= 4 is 21.9 Å². The highest BCUT2D eigenvalue weighted by Crippen LogP contribution is 2.36. The van der Waals surface area contributed by atoms with Crippen LogP contribution in [0.5, 0.6) is 5.75 Å². The number of hydrogen-bond donors (Lipinski definition) is 1. The van der Waals surface area contributed by atoms with E-state index in [-0.39, 0.29) is 5.97 Å². The van der Waals surface area contributed by atoms with Crippen LogP contribution in [-0.4, -0.2) is 25.2 Å². The lowest BCUT2D eigenvalue weighted by Crippen LogP contribution is -2.50. The van der Waals surface area contributed by atoms with Gasteiger partial charge >= 0.3 is 5.97 Å². The van der Waals surface area contributed by atoms with Gasteiger partial charge in [-0.1, -0.05) is 0 Å². The molecule has 0 saturated carbocycles. The van der Waals surface area contributed by atoms with Crippen molar-refractivity contribution < 1.29 is 14.3 Å². The van der Waals surface area contributed by atoms with E-state index >= 15 is 0 Å². The molecule has 0 aliphatic heterocycles. The Kier molecular flexibility index (Phi) is 3.64. The maximum Gasteiger partial charge on any atom is 0.326 e. The summed E-state index contributed by atoms with van der Waals surface area (Å²) in [5.41, 5.74) is 7.32. The number of fused-ring (bicyclic) bond motifs is 1. The van der Waals surface area contributed by atoms with Crippen LogP contribution in [0.3, 0.4) is 0 Å². The lowest BCUT2D eigenvalue weighted by molar-refractivity contribution is -0.149. The minimum absolute atomic E-state index is 0.337. The Hall–Kier alpha value is -1.07. The van der Waals surface area contributed by atoms with Crippen LogP contribution in [-0.2, 0) is 22.4 Å². The van der Waals surface area contributed by atoms with Gasteiger partial charge in [0, 0.05) is 12.8 Å². The first kappa shape index (κ1) is 13.4. The second kappa shape index (κ2) is 4.90. The molecule has 2 N–H and O–H groups in total. The van der Waals surface area contributed by atoms with Gasteiger partial charge in [0.2, 0.25) is 0 Å². The smallest absolute Gasteiger partial charge is 0.326 e. The maximum atomic E-state index is 11.9. The molecule has 1 aromatic rings. The molecular weight excluding hydrogens is 298 g/mol. The second-order valence-corrected chi connectivity index (χ2v) is 5.34. The quantitative estimate of drug-likeness (QED) is 0.865. The lowest BCUT2D eigenvalue weighted by Gasteiger charge is -2.20. The molecule has 18 heavy (non-hydrogen) atoms. The third kappa shape index (κ3) is 2.24. The second-order valence-electron chi connectivity index (χ2n) is 4.49. The first-order valence-corrected chi connectivity index (χ1v) is 6.61. The third-order valence-corrected chi connectivity index (χ3v) is 3.79. The van der Waals surface area contributed by atoms with E-state index in [2.05, 4.69) is 15.9 Å². The molecule has 0 saturated heterocycles. The summed E-state index contributed by atoms with van der Waals surface area (Å²) in [7, 11) is 1.61. The molecule has 0 amide bonds. The molecule has 1 aliphatic rings. The number of ether oxygens (including phenoxy) is 2. The molecule has 1 unspecified atom stereocenters. The number of methoxy groups -OCH3 is 1. The Morgan fingerprint density at radius 1 is 1.44 bits per heavy atom. The van der Waals surface area contributed by atoms with Crippen molar-refractivity contribution in [1.82, 2.24) is 0 Å². The Bertz CT molecular complexity index is 489. The summed E-state index contributed by atoms with van der Waals surface area (Å²) in [5.74, 6) is 0.415. The normalized spacial score (nSPS) is 21.6. The number of carbonyl (C=O) groups is 1. The highest BCUT2D eigenvalue weighted by atomic mass is 79.9. The molecule has 0 spiro atoms. The highest BCUT2D eigenvalue weighted by molar-refractivity contribution is 9.10. The van der Waals surface area contributed by atoms with Gasteiger partial charge in [0.25, 0.3) is 0 Å². The van der Waals surface area contributed by atoms with Crippen molar-refractivity contribution in [3.05, 3.63) is 27.7 Å². The average molecular weight is 314 g/mol. The fourth-order valence-corrected chi connectivity index (χ4v) is 2.84. The van der Waals surface area contributed by atoms with Gasteiger partial charge < -0.3 is 15.2 Å². The zero-order chi connectivity index (χ0) is 13.3. The predicted molar refractivity (Wildman–Crippen MR) is 71.7 cm³/mol. The minimum atomic E-state index is -0.940. The number of halogens is 1. The zero-order valence-corrected chi connectivity index (χ0v) is 12.0. The monoisotopic (exact) mass is 313 g/mol. The number of hydrogen-bond acceptors (Lipinski definition) is 4. The van der Waals surface area contributed by atoms with Crippen LogP contribution in [0.1, 0.15) is 18.1 Å². The molecule has 0 aromatic heterocycles. The van der Waals surface area contributed by atoms with Crippen LogP contribution in [0.2, 0.25) is 0 Å². The molecule has 0 bridgehead atoms. The fraction of sp³-hybridized carbons (Fsp3) is 0.462. The lowest BCUT2D eigenvalue weighted by atomic mass is 9.98. The molecule has 1 aliphatic carbocycles. The SMILES string of the molecule is CCOC(=O)C1(N)Cc2cc(Br)c(OC)cc2C1. The van der Waals surface area contributed by atoms with Gasteiger partial charge in [-0.25, -0.2) is 0 Å². The van der Waals surface area contributed by atoms with E-state index in [1.54, 1.807) is 14.0 Å². The van der Waals surface area contributed by atoms with Crippen LogP contribution in [0.4, 0.5) is 0 Å². The third-order valence-electron chi connectivity index (χ3n) is 3.17. The average Bonchev–Trinajstić information content (AvgIpc) is 2.65. The predicted octanol–water partition coefficient (Wildman–Crippen LogP) is 1.82. The van der Waals surface area contributed by atoms with Gasteiger partial charge in [0.1, 0.15) is 11.3 Å². The number of esters is 1. The summed E-state index contributed by atoms with van der Waals surface area (Å²) in [6, 6.07) is 3.88. The van der Waals surface area contributed by atoms with Gasteiger partial charge in [0.15, 0.2) is 0 Å². The van der Waals surface area contributed by atoms with Gasteiger partial charge in [-0.3, -0.25) is 4.79 Å². The summed E-state index contributed by atoms with van der Waals surface area (Å²) in [6.07, 6.45) is 0.995. The van der Waals surface area contributed by atoms with Crippen molar-refractivity contribution in [1.29, 1.82) is 0 Å². The number of benzene rings is 1. The van der Waals surface area contributed by atoms with E-state index in [1.165, 1.54) is 0 Å². The number of carbonyl (C=O) groups excluding carboxylic acids is 1. The van der Waals surface area contributed by atoms with Gasteiger partial charge in [0.05, 0.1) is 18.2 Å². The van der Waals surface area contributed by atoms with Crippen molar-refractivity contribution in [2.24, 2.45) is 5.73 Å². The van der Waals surface area contributed by atoms with E-state index in [9.17, 15) is 4.79 Å². The zero-order valence-electron chi connectivity index (χ0n) is 10.5. The summed E-state index contributed by atoms with van der Waals surface area (Å²) in [6.45, 7) is 2.13. The molecule has 98 valence electrons. The Morgan fingerprint density at radius 2 is 2.06 bits per heavy atom. The Balaban J connectivity index is 2.29. The van der Waals surface area contributed by atoms with E-state index in [4.69, 9.17) is 15.2 Å². The topological polar surface area (TPSA) is 61.5 Å². The first-order chi connectivity index (χ1) is 8.50. The highest BCUT2D eigenvalue weighted by Gasteiger charge is 2.42. The van der Waals surface area contributed by atoms with Crippen molar-refractivity contribution in [2.75, 3.05) is 13.7 Å². The van der Waals surface area contributed by atoms with E-state index in [1.807, 2.05) is 12.1 Å². The molecule has 0 radical (unpaired) electrons. The summed E-state index contributed by atoms with van der Waals surface area (Å²) >= 11 is 3.43. The minimum Gasteiger partial charge on any atom is -0.496 e. The van der Waals surface area contributed by atoms with Gasteiger partial charge in [-0.05, 0) is 46.1 Å². The molecule has 0 fully saturated rings. The van der Waals surface area contributed by atoms with Crippen LogP contribution in [0, 0.1) is 0 Å². The summed E-state index contributed by atoms with van der Waals surface area (Å²) in [4.78, 5) is 11.9. The summed E-state index contributed by atoms with van der Waals surface area (Å²) in [5, 5.41) is 0. The van der Waals surface area contributed by atoms with Crippen LogP contribution in [0.15, 0.2) is 16.6 Å². The van der Waals surface area contributed by atoms with Crippen molar-refractivity contribution in [3.63, 3.8) is 0 Å².